The van der Waals surface area contributed by atoms with Gasteiger partial charge in [-0.15, -0.1) is 0 Å². The molecule has 0 aromatic carbocycles. The highest BCUT2D eigenvalue weighted by molar-refractivity contribution is 5.39. The van der Waals surface area contributed by atoms with Crippen LogP contribution in [-0.2, 0) is 6.54 Å². The van der Waals surface area contributed by atoms with Crippen LogP contribution in [0, 0.1) is 10.1 Å². The van der Waals surface area contributed by atoms with Gasteiger partial charge in [0.25, 0.3) is 5.69 Å². The molecule has 0 aliphatic rings. The van der Waals surface area contributed by atoms with Crippen molar-refractivity contribution in [1.29, 1.82) is 0 Å². The third-order valence-corrected chi connectivity index (χ3v) is 2.34. The van der Waals surface area contributed by atoms with Gasteiger partial charge < -0.3 is 16.8 Å². The van der Waals surface area contributed by atoms with E-state index in [4.69, 9.17) is 11.5 Å². The van der Waals surface area contributed by atoms with Crippen molar-refractivity contribution in [3.05, 3.63) is 58.5 Å². The lowest BCUT2D eigenvalue weighted by Crippen LogP contribution is -2.13. The molecule has 112 valence electrons. The highest BCUT2D eigenvalue weighted by Crippen LogP contribution is 2.10. The lowest BCUT2D eigenvalue weighted by atomic mass is 10.4. The molecule has 2 rings (SSSR count). The van der Waals surface area contributed by atoms with Crippen molar-refractivity contribution >= 4 is 11.5 Å². The van der Waals surface area contributed by atoms with E-state index in [0.29, 0.717) is 25.5 Å². The molecule has 0 aliphatic carbocycles. The van der Waals surface area contributed by atoms with Gasteiger partial charge in [-0.05, 0) is 18.2 Å². The van der Waals surface area contributed by atoms with Gasteiger partial charge in [-0.25, -0.2) is 4.98 Å². The van der Waals surface area contributed by atoms with Crippen LogP contribution >= 0.6 is 0 Å². The molecule has 0 radical (unpaired) electrons. The molecule has 2 heterocycles. The zero-order chi connectivity index (χ0) is 15.5. The van der Waals surface area contributed by atoms with E-state index in [1.165, 1.54) is 12.3 Å². The quantitative estimate of drug-likeness (QED) is 0.550. The molecule has 0 unspecified atom stereocenters. The van der Waals surface area contributed by atoms with E-state index < -0.39 is 4.92 Å². The molecule has 0 saturated carbocycles. The van der Waals surface area contributed by atoms with Gasteiger partial charge in [0.05, 0.1) is 10.6 Å². The number of pyridine rings is 2. The highest BCUT2D eigenvalue weighted by atomic mass is 16.6. The van der Waals surface area contributed by atoms with Crippen LogP contribution in [0.4, 0.5) is 11.5 Å². The molecule has 8 nitrogen and oxygen atoms in total. The summed E-state index contributed by atoms with van der Waals surface area (Å²) in [5.74, 6) is 0.594. The lowest BCUT2D eigenvalue weighted by molar-refractivity contribution is -0.385. The van der Waals surface area contributed by atoms with Gasteiger partial charge in [0.1, 0.15) is 12.0 Å². The molecular formula is C13H18N6O2. The van der Waals surface area contributed by atoms with Crippen LogP contribution in [0.15, 0.2) is 42.7 Å². The van der Waals surface area contributed by atoms with E-state index in [-0.39, 0.29) is 5.69 Å². The Kier molecular flexibility index (Phi) is 7.33. The molecule has 5 N–H and O–H groups in total. The molecule has 0 bridgehead atoms. The third kappa shape index (κ3) is 6.41. The topological polar surface area (TPSA) is 133 Å². The van der Waals surface area contributed by atoms with E-state index >= 15 is 0 Å². The number of nitrogens with two attached hydrogens (primary N) is 2. The molecule has 0 fully saturated rings. The average Bonchev–Trinajstić information content (AvgIpc) is 2.54. The van der Waals surface area contributed by atoms with Crippen LogP contribution in [0.3, 0.4) is 0 Å². The Morgan fingerprint density at radius 3 is 2.43 bits per heavy atom. The molecule has 0 aliphatic heterocycles. The van der Waals surface area contributed by atoms with Gasteiger partial charge in [0.15, 0.2) is 0 Å². The smallest absolute Gasteiger partial charge is 0.287 e. The van der Waals surface area contributed by atoms with E-state index in [1.807, 2.05) is 18.2 Å². The Morgan fingerprint density at radius 1 is 1.19 bits per heavy atom. The number of hydrogen-bond acceptors (Lipinski definition) is 7. The predicted octanol–water partition coefficient (Wildman–Crippen LogP) is 0.901. The van der Waals surface area contributed by atoms with E-state index in [9.17, 15) is 10.1 Å². The number of aromatic nitrogens is 2. The zero-order valence-electron chi connectivity index (χ0n) is 11.5. The van der Waals surface area contributed by atoms with Gasteiger partial charge >= 0.3 is 0 Å². The van der Waals surface area contributed by atoms with E-state index in [0.717, 1.165) is 5.69 Å². The minimum atomic E-state index is -0.486. The normalized spacial score (nSPS) is 9.43. The van der Waals surface area contributed by atoms with Crippen molar-refractivity contribution < 1.29 is 4.92 Å². The van der Waals surface area contributed by atoms with Gasteiger partial charge in [-0.3, -0.25) is 15.1 Å². The van der Waals surface area contributed by atoms with Crippen molar-refractivity contribution in [3.63, 3.8) is 0 Å². The number of rotatable bonds is 5. The third-order valence-electron chi connectivity index (χ3n) is 2.34. The van der Waals surface area contributed by atoms with Crippen molar-refractivity contribution in [2.45, 2.75) is 6.54 Å². The summed E-state index contributed by atoms with van der Waals surface area (Å²) in [7, 11) is 0. The van der Waals surface area contributed by atoms with Crippen LogP contribution < -0.4 is 16.8 Å². The molecule has 0 saturated heterocycles. The maximum absolute atomic E-state index is 10.3. The second-order valence-corrected chi connectivity index (χ2v) is 3.90. The summed E-state index contributed by atoms with van der Waals surface area (Å²) in [6, 6.07) is 8.65. The number of nitro groups is 1. The van der Waals surface area contributed by atoms with E-state index in [1.54, 1.807) is 12.3 Å². The van der Waals surface area contributed by atoms with Gasteiger partial charge in [0.2, 0.25) is 0 Å². The van der Waals surface area contributed by atoms with Crippen molar-refractivity contribution in [3.8, 4) is 0 Å². The maximum Gasteiger partial charge on any atom is 0.287 e. The highest BCUT2D eigenvalue weighted by Gasteiger charge is 2.03. The molecule has 8 heteroatoms. The van der Waals surface area contributed by atoms with E-state index in [2.05, 4.69) is 15.3 Å². The predicted molar refractivity (Wildman–Crippen MR) is 80.6 cm³/mol. The van der Waals surface area contributed by atoms with Gasteiger partial charge in [-0.2, -0.15) is 0 Å². The fraction of sp³-hybridized carbons (Fsp3) is 0.231. The van der Waals surface area contributed by atoms with Crippen LogP contribution in [0.5, 0.6) is 0 Å². The number of anilines is 1. The molecule has 0 atom stereocenters. The minimum absolute atomic E-state index is 0.0155. The van der Waals surface area contributed by atoms with Crippen LogP contribution in [0.25, 0.3) is 0 Å². The fourth-order valence-corrected chi connectivity index (χ4v) is 1.32. The molecule has 2 aromatic heterocycles. The Labute approximate surface area is 122 Å². The first-order valence-corrected chi connectivity index (χ1v) is 6.31. The number of nitrogens with zero attached hydrogens (tertiary/aromatic N) is 3. The first-order valence-electron chi connectivity index (χ1n) is 6.31. The minimum Gasteiger partial charge on any atom is -0.369 e. The second kappa shape index (κ2) is 9.34. The Morgan fingerprint density at radius 2 is 2.00 bits per heavy atom. The Balaban J connectivity index is 0.000000235. The van der Waals surface area contributed by atoms with Crippen molar-refractivity contribution in [2.75, 3.05) is 18.4 Å². The van der Waals surface area contributed by atoms with Crippen molar-refractivity contribution in [2.24, 2.45) is 11.5 Å². The fourth-order valence-electron chi connectivity index (χ4n) is 1.32. The summed E-state index contributed by atoms with van der Waals surface area (Å²) in [4.78, 5) is 17.6. The van der Waals surface area contributed by atoms with Crippen LogP contribution in [0.2, 0.25) is 0 Å². The van der Waals surface area contributed by atoms with Crippen LogP contribution in [-0.4, -0.2) is 28.0 Å². The molecular weight excluding hydrogens is 272 g/mol. The van der Waals surface area contributed by atoms with Crippen molar-refractivity contribution in [1.82, 2.24) is 9.97 Å². The lowest BCUT2D eigenvalue weighted by Gasteiger charge is -2.01. The first-order chi connectivity index (χ1) is 10.2. The van der Waals surface area contributed by atoms with Gasteiger partial charge in [0, 0.05) is 31.9 Å². The summed E-state index contributed by atoms with van der Waals surface area (Å²) in [6.45, 7) is 1.63. The maximum atomic E-state index is 10.3. The summed E-state index contributed by atoms with van der Waals surface area (Å²) in [5, 5.41) is 13.2. The standard InChI is InChI=1S/C7H10N4O2.C6H8N2/c8-3-4-9-7-2-1-6(5-10-7)11(12)13;7-5-6-3-1-2-4-8-6/h1-2,5H,3-4,8H2,(H,9,10);1-4H,5,7H2. The molecule has 0 spiro atoms. The molecule has 21 heavy (non-hydrogen) atoms. The number of hydrogen-bond donors (Lipinski definition) is 3. The monoisotopic (exact) mass is 290 g/mol. The summed E-state index contributed by atoms with van der Waals surface area (Å²) in [6.07, 6.45) is 2.95. The number of nitrogens with one attached hydrogen (secondary N) is 1. The largest absolute Gasteiger partial charge is 0.369 e. The molecule has 2 aromatic rings. The average molecular weight is 290 g/mol. The Bertz CT molecular complexity index is 532. The SMILES string of the molecule is NCCNc1ccc([N+](=O)[O-])cn1.NCc1ccccn1. The molecule has 0 amide bonds. The zero-order valence-corrected chi connectivity index (χ0v) is 11.5. The van der Waals surface area contributed by atoms with Gasteiger partial charge in [-0.1, -0.05) is 6.07 Å². The van der Waals surface area contributed by atoms with Crippen LogP contribution in [0.1, 0.15) is 5.69 Å². The summed E-state index contributed by atoms with van der Waals surface area (Å²) in [5.41, 5.74) is 11.5. The first kappa shape index (κ1) is 16.5. The summed E-state index contributed by atoms with van der Waals surface area (Å²) >= 11 is 0. The Hall–Kier alpha value is -2.58. The second-order valence-electron chi connectivity index (χ2n) is 3.90. The summed E-state index contributed by atoms with van der Waals surface area (Å²) < 4.78 is 0.